The van der Waals surface area contributed by atoms with E-state index in [1.165, 1.54) is 0 Å². The summed E-state index contributed by atoms with van der Waals surface area (Å²) in [5.74, 6) is -0.186. The first-order valence-electron chi connectivity index (χ1n) is 9.92. The number of Topliss-reactive ketones (excluding diaryl/α,β-unsaturated/α-hetero) is 1. The number of carbonyl (C=O) groups excluding carboxylic acids is 2. The second kappa shape index (κ2) is 9.03. The minimum Gasteiger partial charge on any atom is -0.503 e. The number of rotatable bonds is 8. The maximum Gasteiger partial charge on any atom is 0.290 e. The fourth-order valence-electron chi connectivity index (χ4n) is 3.65. The Morgan fingerprint density at radius 2 is 1.73 bits per heavy atom. The molecule has 0 saturated heterocycles. The van der Waals surface area contributed by atoms with Gasteiger partial charge in [0.05, 0.1) is 25.8 Å². The molecule has 6 heteroatoms. The molecule has 2 aromatic rings. The van der Waals surface area contributed by atoms with Gasteiger partial charge < -0.3 is 19.5 Å². The van der Waals surface area contributed by atoms with Crippen molar-refractivity contribution in [3.05, 3.63) is 71.0 Å². The Morgan fingerprint density at radius 1 is 1.07 bits per heavy atom. The molecule has 1 amide bonds. The van der Waals surface area contributed by atoms with Crippen LogP contribution in [0.1, 0.15) is 31.0 Å². The number of hydrogen-bond acceptors (Lipinski definition) is 5. The summed E-state index contributed by atoms with van der Waals surface area (Å²) in [6.45, 7) is 3.87. The normalized spacial score (nSPS) is 16.4. The van der Waals surface area contributed by atoms with E-state index >= 15 is 0 Å². The Hall–Kier alpha value is -3.28. The monoisotopic (exact) mass is 409 g/mol. The number of methoxy groups -OCH3 is 2. The lowest BCUT2D eigenvalue weighted by Crippen LogP contribution is -2.33. The Morgan fingerprint density at radius 3 is 2.33 bits per heavy atom. The molecule has 1 unspecified atom stereocenters. The first-order valence-corrected chi connectivity index (χ1v) is 9.92. The molecule has 1 aliphatic rings. The molecule has 1 aliphatic heterocycles. The number of nitrogens with zero attached hydrogens (tertiary/aromatic N) is 1. The van der Waals surface area contributed by atoms with Gasteiger partial charge in [-0.2, -0.15) is 0 Å². The van der Waals surface area contributed by atoms with Gasteiger partial charge in [0.2, 0.25) is 0 Å². The highest BCUT2D eigenvalue weighted by atomic mass is 16.5. The molecule has 0 spiro atoms. The highest BCUT2D eigenvalue weighted by molar-refractivity contribution is 6.09. The van der Waals surface area contributed by atoms with Crippen LogP contribution in [0.25, 0.3) is 0 Å². The molecule has 0 aromatic heterocycles. The zero-order valence-electron chi connectivity index (χ0n) is 17.7. The zero-order valence-corrected chi connectivity index (χ0v) is 17.7. The maximum absolute atomic E-state index is 12.9. The Kier molecular flexibility index (Phi) is 6.45. The van der Waals surface area contributed by atoms with Crippen LogP contribution in [0.15, 0.2) is 59.9 Å². The van der Waals surface area contributed by atoms with Crippen molar-refractivity contribution in [3.8, 4) is 11.5 Å². The van der Waals surface area contributed by atoms with Gasteiger partial charge in [-0.25, -0.2) is 0 Å². The van der Waals surface area contributed by atoms with Crippen LogP contribution < -0.4 is 9.47 Å². The summed E-state index contributed by atoms with van der Waals surface area (Å²) in [6, 6.07) is 14.2. The van der Waals surface area contributed by atoms with E-state index < -0.39 is 17.7 Å². The molecule has 1 atom stereocenters. The van der Waals surface area contributed by atoms with Crippen LogP contribution in [0.2, 0.25) is 0 Å². The number of amides is 1. The lowest BCUT2D eigenvalue weighted by molar-refractivity contribution is -0.129. The van der Waals surface area contributed by atoms with Crippen molar-refractivity contribution in [3.63, 3.8) is 0 Å². The summed E-state index contributed by atoms with van der Waals surface area (Å²) in [5, 5.41) is 10.6. The number of ether oxygens (including phenoxy) is 2. The average molecular weight is 409 g/mol. The molecule has 0 bridgehead atoms. The van der Waals surface area contributed by atoms with Crippen molar-refractivity contribution in [1.29, 1.82) is 0 Å². The zero-order chi connectivity index (χ0) is 21.8. The molecule has 0 aliphatic carbocycles. The van der Waals surface area contributed by atoms with Gasteiger partial charge in [0.25, 0.3) is 5.91 Å². The summed E-state index contributed by atoms with van der Waals surface area (Å²) in [5.41, 5.74) is 1.90. The summed E-state index contributed by atoms with van der Waals surface area (Å²) in [7, 11) is 3.17. The van der Waals surface area contributed by atoms with E-state index in [-0.39, 0.29) is 17.3 Å². The topological polar surface area (TPSA) is 76.1 Å². The van der Waals surface area contributed by atoms with Gasteiger partial charge in [0, 0.05) is 12.5 Å². The lowest BCUT2D eigenvalue weighted by Gasteiger charge is -2.27. The van der Waals surface area contributed by atoms with Crippen molar-refractivity contribution < 1.29 is 24.2 Å². The first-order chi connectivity index (χ1) is 14.4. The fourth-order valence-corrected chi connectivity index (χ4v) is 3.65. The van der Waals surface area contributed by atoms with Gasteiger partial charge in [-0.15, -0.1) is 0 Å². The van der Waals surface area contributed by atoms with Crippen LogP contribution in [0.5, 0.6) is 11.5 Å². The van der Waals surface area contributed by atoms with Gasteiger partial charge in [0.1, 0.15) is 11.5 Å². The second-order valence-electron chi connectivity index (χ2n) is 7.56. The van der Waals surface area contributed by atoms with E-state index in [0.29, 0.717) is 18.7 Å². The molecule has 1 N–H and O–H groups in total. The van der Waals surface area contributed by atoms with Crippen molar-refractivity contribution in [2.45, 2.75) is 26.3 Å². The van der Waals surface area contributed by atoms with E-state index in [0.717, 1.165) is 16.9 Å². The van der Waals surface area contributed by atoms with Gasteiger partial charge >= 0.3 is 0 Å². The van der Waals surface area contributed by atoms with Crippen LogP contribution in [-0.4, -0.2) is 42.5 Å². The second-order valence-corrected chi connectivity index (χ2v) is 7.56. The smallest absolute Gasteiger partial charge is 0.290 e. The van der Waals surface area contributed by atoms with E-state index in [9.17, 15) is 14.7 Å². The van der Waals surface area contributed by atoms with Gasteiger partial charge in [-0.1, -0.05) is 38.1 Å². The molecule has 1 heterocycles. The molecule has 2 aromatic carbocycles. The highest BCUT2D eigenvalue weighted by Crippen LogP contribution is 2.39. The number of carbonyl (C=O) groups is 2. The number of benzene rings is 2. The third-order valence-corrected chi connectivity index (χ3v) is 5.30. The van der Waals surface area contributed by atoms with Gasteiger partial charge in [-0.3, -0.25) is 9.59 Å². The Balaban J connectivity index is 1.95. The SMILES string of the molecule is COc1ccc(CCN2C(=O)C(O)=C(C(=O)C(C)C)C2c2cccc(OC)c2)cc1. The lowest BCUT2D eigenvalue weighted by atomic mass is 9.91. The third kappa shape index (κ3) is 4.17. The molecule has 3 rings (SSSR count). The molecule has 0 saturated carbocycles. The predicted molar refractivity (Wildman–Crippen MR) is 114 cm³/mol. The van der Waals surface area contributed by atoms with Gasteiger partial charge in [0.15, 0.2) is 11.5 Å². The van der Waals surface area contributed by atoms with Crippen molar-refractivity contribution >= 4 is 11.7 Å². The highest BCUT2D eigenvalue weighted by Gasteiger charge is 2.43. The Labute approximate surface area is 176 Å². The van der Waals surface area contributed by atoms with E-state index in [4.69, 9.17) is 9.47 Å². The van der Waals surface area contributed by atoms with Crippen molar-refractivity contribution in [2.75, 3.05) is 20.8 Å². The van der Waals surface area contributed by atoms with E-state index in [1.807, 2.05) is 36.4 Å². The summed E-state index contributed by atoms with van der Waals surface area (Å²) >= 11 is 0. The van der Waals surface area contributed by atoms with Crippen molar-refractivity contribution in [2.24, 2.45) is 5.92 Å². The van der Waals surface area contributed by atoms with Gasteiger partial charge in [-0.05, 0) is 41.8 Å². The third-order valence-electron chi connectivity index (χ3n) is 5.30. The van der Waals surface area contributed by atoms with Crippen LogP contribution in [0.3, 0.4) is 0 Å². The minimum absolute atomic E-state index is 0.151. The minimum atomic E-state index is -0.652. The number of aliphatic hydroxyl groups excluding tert-OH is 1. The average Bonchev–Trinajstić information content (AvgIpc) is 3.02. The standard InChI is InChI=1S/C24H27NO5/c1-15(2)22(26)20-21(17-6-5-7-19(14-17)30-4)25(24(28)23(20)27)13-12-16-8-10-18(29-3)11-9-16/h5-11,14-15,21,27H,12-13H2,1-4H3. The Bertz CT molecular complexity index is 962. The van der Waals surface area contributed by atoms with Crippen LogP contribution in [0.4, 0.5) is 0 Å². The van der Waals surface area contributed by atoms with Crippen LogP contribution in [0, 0.1) is 5.92 Å². The predicted octanol–water partition coefficient (Wildman–Crippen LogP) is 3.87. The molecule has 158 valence electrons. The summed E-state index contributed by atoms with van der Waals surface area (Å²) in [6.07, 6.45) is 0.576. The number of ketones is 1. The van der Waals surface area contributed by atoms with Crippen LogP contribution >= 0.6 is 0 Å². The molecule has 0 fully saturated rings. The molecular formula is C24H27NO5. The largest absolute Gasteiger partial charge is 0.503 e. The first kappa shape index (κ1) is 21.4. The quantitative estimate of drug-likeness (QED) is 0.716. The summed E-state index contributed by atoms with van der Waals surface area (Å²) < 4.78 is 10.5. The molecule has 6 nitrogen and oxygen atoms in total. The fraction of sp³-hybridized carbons (Fsp3) is 0.333. The summed E-state index contributed by atoms with van der Waals surface area (Å²) in [4.78, 5) is 27.4. The molecule has 0 radical (unpaired) electrons. The number of hydrogen-bond donors (Lipinski definition) is 1. The maximum atomic E-state index is 12.9. The van der Waals surface area contributed by atoms with E-state index in [1.54, 1.807) is 45.1 Å². The number of aliphatic hydroxyl groups is 1. The van der Waals surface area contributed by atoms with Crippen molar-refractivity contribution in [1.82, 2.24) is 4.90 Å². The molecular weight excluding hydrogens is 382 g/mol. The van der Waals surface area contributed by atoms with E-state index in [2.05, 4.69) is 0 Å². The molecule has 30 heavy (non-hydrogen) atoms. The van der Waals surface area contributed by atoms with Crippen LogP contribution in [-0.2, 0) is 16.0 Å².